The van der Waals surface area contributed by atoms with Crippen LogP contribution in [0.25, 0.3) is 10.9 Å². The van der Waals surface area contributed by atoms with E-state index in [0.29, 0.717) is 11.6 Å². The van der Waals surface area contributed by atoms with Gasteiger partial charge in [-0.15, -0.1) is 0 Å². The van der Waals surface area contributed by atoms with Gasteiger partial charge >= 0.3 is 0 Å². The van der Waals surface area contributed by atoms with Crippen LogP contribution in [0.1, 0.15) is 51.7 Å². The molecule has 0 amide bonds. The zero-order valence-corrected chi connectivity index (χ0v) is 19.5. The van der Waals surface area contributed by atoms with Crippen LogP contribution in [0.4, 0.5) is 11.4 Å². The lowest BCUT2D eigenvalue weighted by Crippen LogP contribution is -2.61. The minimum absolute atomic E-state index is 0.146. The highest BCUT2D eigenvalue weighted by molar-refractivity contribution is 6.02. The van der Waals surface area contributed by atoms with Gasteiger partial charge in [0.25, 0.3) is 0 Å². The lowest BCUT2D eigenvalue weighted by molar-refractivity contribution is -0.00768. The van der Waals surface area contributed by atoms with E-state index in [1.807, 2.05) is 30.3 Å². The molecule has 3 N–H and O–H groups in total. The molecule has 0 spiro atoms. The number of nitrogens with zero attached hydrogens (tertiary/aromatic N) is 2. The van der Waals surface area contributed by atoms with Crippen molar-refractivity contribution in [3.8, 4) is 5.88 Å². The predicted molar refractivity (Wildman–Crippen MR) is 131 cm³/mol. The molecule has 1 aliphatic heterocycles. The summed E-state index contributed by atoms with van der Waals surface area (Å²) in [5, 5.41) is 15.0. The van der Waals surface area contributed by atoms with Crippen molar-refractivity contribution >= 4 is 28.5 Å². The van der Waals surface area contributed by atoms with Gasteiger partial charge in [0.15, 0.2) is 5.88 Å². The Bertz CT molecular complexity index is 1110. The third kappa shape index (κ3) is 4.19. The third-order valence-electron chi connectivity index (χ3n) is 6.95. The summed E-state index contributed by atoms with van der Waals surface area (Å²) in [7, 11) is 2.24. The normalized spacial score (nSPS) is 19.3. The Kier molecular flexibility index (Phi) is 5.34. The molecule has 1 fully saturated rings. The van der Waals surface area contributed by atoms with Crippen molar-refractivity contribution in [3.63, 3.8) is 0 Å². The minimum Gasteiger partial charge on any atom is -0.494 e. The Morgan fingerprint density at radius 2 is 1.77 bits per heavy atom. The number of hydrogen-bond acceptors (Lipinski definition) is 4. The number of benzene rings is 2. The quantitative estimate of drug-likeness (QED) is 0.456. The Balaban J connectivity index is 1.52. The molecular formula is C26H34N4O. The van der Waals surface area contributed by atoms with Crippen molar-refractivity contribution in [2.24, 2.45) is 4.99 Å². The zero-order valence-electron chi connectivity index (χ0n) is 19.5. The second-order valence-corrected chi connectivity index (χ2v) is 10.1. The first-order chi connectivity index (χ1) is 14.6. The average molecular weight is 419 g/mol. The molecule has 4 rings (SSSR count). The molecule has 0 saturated carbocycles. The second kappa shape index (κ2) is 7.72. The molecule has 1 saturated heterocycles. The molecule has 0 radical (unpaired) electrons. The minimum atomic E-state index is 0.146. The van der Waals surface area contributed by atoms with Gasteiger partial charge in [-0.3, -0.25) is 9.89 Å². The fourth-order valence-electron chi connectivity index (χ4n) is 5.00. The number of fused-ring (bicyclic) bond motifs is 1. The van der Waals surface area contributed by atoms with E-state index in [9.17, 15) is 5.11 Å². The molecule has 2 heterocycles. The highest BCUT2D eigenvalue weighted by atomic mass is 16.3. The Hall–Kier alpha value is -2.79. The van der Waals surface area contributed by atoms with E-state index in [4.69, 9.17) is 0 Å². The van der Waals surface area contributed by atoms with Crippen LogP contribution >= 0.6 is 0 Å². The van der Waals surface area contributed by atoms with E-state index < -0.39 is 0 Å². The molecule has 0 atom stereocenters. The second-order valence-electron chi connectivity index (χ2n) is 10.1. The maximum atomic E-state index is 10.2. The van der Waals surface area contributed by atoms with Crippen LogP contribution in [-0.2, 0) is 0 Å². The first-order valence-corrected chi connectivity index (χ1v) is 11.0. The number of likely N-dealkylation sites (tertiary alicyclic amines) is 1. The van der Waals surface area contributed by atoms with Crippen molar-refractivity contribution < 1.29 is 5.11 Å². The van der Waals surface area contributed by atoms with Crippen LogP contribution in [0.15, 0.2) is 47.5 Å². The van der Waals surface area contributed by atoms with Gasteiger partial charge in [0.05, 0.1) is 11.3 Å². The molecule has 2 aromatic carbocycles. The molecule has 5 heteroatoms. The SMILES string of the molecule is Cc1cc(N=Cc2c(O)[nH]c3ccccc23)ccc1NC1CC(C)(C)N(C)C(C)(C)C1. The summed E-state index contributed by atoms with van der Waals surface area (Å²) < 4.78 is 0. The van der Waals surface area contributed by atoms with Crippen LogP contribution in [0.3, 0.4) is 0 Å². The molecule has 1 aliphatic rings. The molecular weight excluding hydrogens is 384 g/mol. The number of aromatic amines is 1. The molecule has 5 nitrogen and oxygen atoms in total. The fourth-order valence-corrected chi connectivity index (χ4v) is 5.00. The maximum Gasteiger partial charge on any atom is 0.198 e. The number of aromatic nitrogens is 1. The van der Waals surface area contributed by atoms with Gasteiger partial charge in [0.1, 0.15) is 0 Å². The van der Waals surface area contributed by atoms with E-state index in [1.165, 1.54) is 5.56 Å². The molecule has 1 aromatic heterocycles. The number of aryl methyl sites for hydroxylation is 1. The number of hydrogen-bond donors (Lipinski definition) is 3. The summed E-state index contributed by atoms with van der Waals surface area (Å²) in [6.07, 6.45) is 3.94. The van der Waals surface area contributed by atoms with Crippen LogP contribution in [0.2, 0.25) is 0 Å². The average Bonchev–Trinajstić information content (AvgIpc) is 3.01. The van der Waals surface area contributed by atoms with Crippen molar-refractivity contribution in [3.05, 3.63) is 53.6 Å². The van der Waals surface area contributed by atoms with Gasteiger partial charge in [0.2, 0.25) is 0 Å². The summed E-state index contributed by atoms with van der Waals surface area (Å²) in [6, 6.07) is 14.5. The summed E-state index contributed by atoms with van der Waals surface area (Å²) in [5.74, 6) is 0.146. The van der Waals surface area contributed by atoms with Crippen molar-refractivity contribution in [1.82, 2.24) is 9.88 Å². The Morgan fingerprint density at radius 3 is 2.45 bits per heavy atom. The maximum absolute atomic E-state index is 10.2. The number of nitrogens with one attached hydrogen (secondary N) is 2. The number of aromatic hydroxyl groups is 1. The highest BCUT2D eigenvalue weighted by Crippen LogP contribution is 2.38. The zero-order chi connectivity index (χ0) is 22.4. The standard InChI is InChI=1S/C26H34N4O/c1-17-13-18(27-16-21-20-9-7-8-10-23(20)29-24(21)31)11-12-22(17)28-19-14-25(2,3)30(6)26(4,5)15-19/h7-13,16,19,28-29,31H,14-15H2,1-6H3. The Labute approximate surface area is 185 Å². The van der Waals surface area contributed by atoms with Crippen LogP contribution in [-0.4, -0.2) is 45.4 Å². The third-order valence-corrected chi connectivity index (χ3v) is 6.95. The first-order valence-electron chi connectivity index (χ1n) is 11.0. The molecule has 31 heavy (non-hydrogen) atoms. The van der Waals surface area contributed by atoms with Crippen LogP contribution < -0.4 is 5.32 Å². The lowest BCUT2D eigenvalue weighted by atomic mass is 9.77. The highest BCUT2D eigenvalue weighted by Gasteiger charge is 2.42. The van der Waals surface area contributed by atoms with E-state index in [0.717, 1.165) is 35.1 Å². The molecule has 0 unspecified atom stereocenters. The van der Waals surface area contributed by atoms with Crippen molar-refractivity contribution in [2.45, 2.75) is 64.6 Å². The van der Waals surface area contributed by atoms with Crippen LogP contribution in [0.5, 0.6) is 5.88 Å². The van der Waals surface area contributed by atoms with Gasteiger partial charge in [-0.1, -0.05) is 18.2 Å². The van der Waals surface area contributed by atoms with Gasteiger partial charge < -0.3 is 15.4 Å². The number of aliphatic imine (C=N–C) groups is 1. The predicted octanol–water partition coefficient (Wildman–Crippen LogP) is 6.00. The summed E-state index contributed by atoms with van der Waals surface area (Å²) in [6.45, 7) is 11.4. The smallest absolute Gasteiger partial charge is 0.198 e. The largest absolute Gasteiger partial charge is 0.494 e. The molecule has 0 aliphatic carbocycles. The number of rotatable bonds is 4. The molecule has 0 bridgehead atoms. The summed E-state index contributed by atoms with van der Waals surface area (Å²) >= 11 is 0. The number of H-pyrrole nitrogens is 1. The lowest BCUT2D eigenvalue weighted by Gasteiger charge is -2.54. The van der Waals surface area contributed by atoms with Gasteiger partial charge in [-0.2, -0.15) is 0 Å². The number of piperidine rings is 1. The van der Waals surface area contributed by atoms with Gasteiger partial charge in [0, 0.05) is 39.9 Å². The summed E-state index contributed by atoms with van der Waals surface area (Å²) in [5.41, 5.74) is 5.13. The fraction of sp³-hybridized carbons (Fsp3) is 0.423. The van der Waals surface area contributed by atoms with E-state index in [-0.39, 0.29) is 17.0 Å². The number of para-hydroxylation sites is 1. The van der Waals surface area contributed by atoms with Crippen LogP contribution in [0, 0.1) is 6.92 Å². The van der Waals surface area contributed by atoms with Gasteiger partial charge in [-0.05, 0) is 84.3 Å². The van der Waals surface area contributed by atoms with E-state index in [1.54, 1.807) is 6.21 Å². The van der Waals surface area contributed by atoms with Crippen molar-refractivity contribution in [1.29, 1.82) is 0 Å². The van der Waals surface area contributed by atoms with Gasteiger partial charge in [-0.25, -0.2) is 0 Å². The number of anilines is 1. The monoisotopic (exact) mass is 418 g/mol. The molecule has 3 aromatic rings. The molecule has 164 valence electrons. The van der Waals surface area contributed by atoms with E-state index >= 15 is 0 Å². The first kappa shape index (κ1) is 21.4. The Morgan fingerprint density at radius 1 is 1.10 bits per heavy atom. The summed E-state index contributed by atoms with van der Waals surface area (Å²) in [4.78, 5) is 10.1. The van der Waals surface area contributed by atoms with Crippen molar-refractivity contribution in [2.75, 3.05) is 12.4 Å². The van der Waals surface area contributed by atoms with E-state index in [2.05, 4.69) is 74.0 Å². The topological polar surface area (TPSA) is 63.7 Å².